The van der Waals surface area contributed by atoms with Gasteiger partial charge in [-0.15, -0.1) is 0 Å². The lowest BCUT2D eigenvalue weighted by atomic mass is 10.0. The van der Waals surface area contributed by atoms with Gasteiger partial charge in [0, 0.05) is 62.9 Å². The van der Waals surface area contributed by atoms with Crippen LogP contribution >= 0.6 is 0 Å². The van der Waals surface area contributed by atoms with E-state index in [1.807, 2.05) is 30.3 Å². The minimum absolute atomic E-state index is 0.192. The van der Waals surface area contributed by atoms with E-state index in [0.29, 0.717) is 0 Å². The Balaban J connectivity index is 1.22. The SMILES string of the molecule is COc1cc2cc(Cc3ccc(CCN4CCN(c5ccccc5OC)C(OC)C4OC)cc3)[nH]c2cc1OC. The van der Waals surface area contributed by atoms with Gasteiger partial charge in [0.25, 0.3) is 0 Å². The first-order valence-electron chi connectivity index (χ1n) is 13.6. The second-order valence-electron chi connectivity index (χ2n) is 9.99. The second kappa shape index (κ2) is 12.6. The zero-order valence-electron chi connectivity index (χ0n) is 24.0. The Bertz CT molecular complexity index is 1360. The number of aromatic nitrogens is 1. The molecule has 0 bridgehead atoms. The molecule has 2 atom stereocenters. The predicted octanol–water partition coefficient (Wildman–Crippen LogP) is 5.09. The first kappa shape index (κ1) is 27.8. The normalized spacial score (nSPS) is 17.8. The van der Waals surface area contributed by atoms with Crippen LogP contribution in [-0.2, 0) is 22.3 Å². The van der Waals surface area contributed by atoms with Gasteiger partial charge < -0.3 is 33.6 Å². The Morgan fingerprint density at radius 1 is 0.725 bits per heavy atom. The summed E-state index contributed by atoms with van der Waals surface area (Å²) in [5.74, 6) is 2.29. The van der Waals surface area contributed by atoms with Gasteiger partial charge in [-0.3, -0.25) is 4.90 Å². The van der Waals surface area contributed by atoms with Gasteiger partial charge in [-0.1, -0.05) is 36.4 Å². The molecule has 4 aromatic rings. The molecule has 1 aromatic heterocycles. The lowest BCUT2D eigenvalue weighted by Crippen LogP contribution is -2.61. The second-order valence-corrected chi connectivity index (χ2v) is 9.99. The minimum atomic E-state index is -0.242. The van der Waals surface area contributed by atoms with Crippen molar-refractivity contribution in [3.8, 4) is 17.2 Å². The van der Waals surface area contributed by atoms with Crippen molar-refractivity contribution in [2.45, 2.75) is 25.3 Å². The molecule has 0 aliphatic carbocycles. The Morgan fingerprint density at radius 3 is 2.10 bits per heavy atom. The van der Waals surface area contributed by atoms with E-state index in [1.54, 1.807) is 35.5 Å². The fourth-order valence-corrected chi connectivity index (χ4v) is 5.63. The van der Waals surface area contributed by atoms with Crippen LogP contribution in [0.25, 0.3) is 10.9 Å². The van der Waals surface area contributed by atoms with Crippen LogP contribution in [0, 0.1) is 0 Å². The molecular formula is C32H39N3O5. The van der Waals surface area contributed by atoms with Gasteiger partial charge in [-0.25, -0.2) is 0 Å². The molecule has 1 N–H and O–H groups in total. The number of piperazine rings is 1. The van der Waals surface area contributed by atoms with E-state index in [9.17, 15) is 0 Å². The zero-order valence-corrected chi connectivity index (χ0v) is 24.0. The highest BCUT2D eigenvalue weighted by molar-refractivity contribution is 5.84. The summed E-state index contributed by atoms with van der Waals surface area (Å²) in [6.07, 6.45) is 1.32. The number of nitrogens with one attached hydrogen (secondary N) is 1. The number of anilines is 1. The van der Waals surface area contributed by atoms with Crippen molar-refractivity contribution >= 4 is 16.6 Å². The topological polar surface area (TPSA) is 68.4 Å². The number of rotatable bonds is 11. The average molecular weight is 546 g/mol. The maximum absolute atomic E-state index is 5.96. The van der Waals surface area contributed by atoms with E-state index < -0.39 is 0 Å². The molecule has 1 aliphatic rings. The molecule has 212 valence electrons. The molecule has 0 saturated carbocycles. The number of nitrogens with zero attached hydrogens (tertiary/aromatic N) is 2. The molecule has 1 saturated heterocycles. The number of hydrogen-bond acceptors (Lipinski definition) is 7. The number of aromatic amines is 1. The maximum atomic E-state index is 5.96. The van der Waals surface area contributed by atoms with Gasteiger partial charge in [0.1, 0.15) is 5.75 Å². The minimum Gasteiger partial charge on any atom is -0.495 e. The molecule has 5 rings (SSSR count). The predicted molar refractivity (Wildman–Crippen MR) is 158 cm³/mol. The molecule has 8 heteroatoms. The number of benzene rings is 3. The summed E-state index contributed by atoms with van der Waals surface area (Å²) in [5, 5.41) is 1.11. The van der Waals surface area contributed by atoms with E-state index in [2.05, 4.69) is 51.2 Å². The molecule has 1 fully saturated rings. The molecule has 2 heterocycles. The van der Waals surface area contributed by atoms with Crippen molar-refractivity contribution in [1.82, 2.24) is 9.88 Å². The number of para-hydroxylation sites is 2. The number of hydrogen-bond donors (Lipinski definition) is 1. The third kappa shape index (κ3) is 5.75. The van der Waals surface area contributed by atoms with Gasteiger partial charge in [-0.2, -0.15) is 0 Å². The number of H-pyrrole nitrogens is 1. The van der Waals surface area contributed by atoms with Gasteiger partial charge in [0.05, 0.1) is 27.0 Å². The summed E-state index contributed by atoms with van der Waals surface area (Å²) < 4.78 is 28.4. The number of ether oxygens (including phenoxy) is 5. The fourth-order valence-electron chi connectivity index (χ4n) is 5.63. The standard InChI is InChI=1S/C32H39N3O5/c1-36-28-9-7-6-8-27(28)35-17-16-34(31(39-4)32(35)40-5)15-14-22-10-12-23(13-11-22)18-25-19-24-20-29(37-2)30(38-3)21-26(24)33-25/h6-13,19-21,31-33H,14-18H2,1-5H3. The summed E-state index contributed by atoms with van der Waals surface area (Å²) in [6, 6.07) is 23.1. The van der Waals surface area contributed by atoms with Crippen LogP contribution in [0.2, 0.25) is 0 Å². The van der Waals surface area contributed by atoms with Crippen molar-refractivity contribution in [3.05, 3.63) is 83.6 Å². The van der Waals surface area contributed by atoms with Crippen molar-refractivity contribution in [2.24, 2.45) is 0 Å². The van der Waals surface area contributed by atoms with Crippen LogP contribution in [0.4, 0.5) is 5.69 Å². The molecule has 0 radical (unpaired) electrons. The molecule has 0 spiro atoms. The summed E-state index contributed by atoms with van der Waals surface area (Å²) >= 11 is 0. The van der Waals surface area contributed by atoms with E-state index in [1.165, 1.54) is 11.1 Å². The first-order valence-corrected chi connectivity index (χ1v) is 13.6. The average Bonchev–Trinajstić information content (AvgIpc) is 3.40. The van der Waals surface area contributed by atoms with Gasteiger partial charge in [0.2, 0.25) is 0 Å². The van der Waals surface area contributed by atoms with Gasteiger partial charge >= 0.3 is 0 Å². The lowest BCUT2D eigenvalue weighted by molar-refractivity contribution is -0.134. The van der Waals surface area contributed by atoms with E-state index >= 15 is 0 Å². The van der Waals surface area contributed by atoms with Crippen molar-refractivity contribution in [1.29, 1.82) is 0 Å². The largest absolute Gasteiger partial charge is 0.495 e. The molecule has 40 heavy (non-hydrogen) atoms. The van der Waals surface area contributed by atoms with Crippen LogP contribution in [0.15, 0.2) is 66.7 Å². The molecule has 1 aliphatic heterocycles. The quantitative estimate of drug-likeness (QED) is 0.281. The third-order valence-electron chi connectivity index (χ3n) is 7.70. The van der Waals surface area contributed by atoms with Crippen molar-refractivity contribution in [2.75, 3.05) is 60.1 Å². The Kier molecular flexibility index (Phi) is 8.79. The first-order chi connectivity index (χ1) is 19.6. The molecule has 3 aromatic carbocycles. The summed E-state index contributed by atoms with van der Waals surface area (Å²) in [4.78, 5) is 8.11. The summed E-state index contributed by atoms with van der Waals surface area (Å²) in [7, 11) is 8.50. The van der Waals surface area contributed by atoms with Gasteiger partial charge in [-0.05, 0) is 41.8 Å². The van der Waals surface area contributed by atoms with Crippen LogP contribution < -0.4 is 19.1 Å². The molecular weight excluding hydrogens is 506 g/mol. The third-order valence-corrected chi connectivity index (χ3v) is 7.70. The Labute approximate surface area is 236 Å². The fraction of sp³-hybridized carbons (Fsp3) is 0.375. The maximum Gasteiger partial charge on any atom is 0.170 e. The molecule has 0 amide bonds. The Hall–Kier alpha value is -3.72. The summed E-state index contributed by atoms with van der Waals surface area (Å²) in [6.45, 7) is 2.56. The Morgan fingerprint density at radius 2 is 1.40 bits per heavy atom. The molecule has 2 unspecified atom stereocenters. The summed E-state index contributed by atoms with van der Waals surface area (Å²) in [5.41, 5.74) is 5.76. The number of fused-ring (bicyclic) bond motifs is 1. The van der Waals surface area contributed by atoms with Crippen LogP contribution in [-0.4, -0.2) is 77.5 Å². The van der Waals surface area contributed by atoms with Crippen molar-refractivity contribution in [3.63, 3.8) is 0 Å². The monoisotopic (exact) mass is 545 g/mol. The molecule has 8 nitrogen and oxygen atoms in total. The van der Waals surface area contributed by atoms with E-state index in [4.69, 9.17) is 23.7 Å². The van der Waals surface area contributed by atoms with E-state index in [0.717, 1.165) is 72.0 Å². The highest BCUT2D eigenvalue weighted by Gasteiger charge is 2.37. The highest BCUT2D eigenvalue weighted by atomic mass is 16.6. The van der Waals surface area contributed by atoms with Gasteiger partial charge in [0.15, 0.2) is 24.0 Å². The zero-order chi connectivity index (χ0) is 28.1. The smallest absolute Gasteiger partial charge is 0.170 e. The van der Waals surface area contributed by atoms with E-state index in [-0.39, 0.29) is 12.5 Å². The van der Waals surface area contributed by atoms with Crippen LogP contribution in [0.3, 0.4) is 0 Å². The van der Waals surface area contributed by atoms with Crippen LogP contribution in [0.5, 0.6) is 17.2 Å². The van der Waals surface area contributed by atoms with Crippen LogP contribution in [0.1, 0.15) is 16.8 Å². The highest BCUT2D eigenvalue weighted by Crippen LogP contribution is 2.34. The number of methoxy groups -OCH3 is 5. The lowest BCUT2D eigenvalue weighted by Gasteiger charge is -2.47. The van der Waals surface area contributed by atoms with Crippen molar-refractivity contribution < 1.29 is 23.7 Å².